The van der Waals surface area contributed by atoms with Crippen molar-refractivity contribution in [3.8, 4) is 0 Å². The van der Waals surface area contributed by atoms with Crippen molar-refractivity contribution in [3.63, 3.8) is 0 Å². The Labute approximate surface area is 112 Å². The molecule has 1 aromatic rings. The first-order chi connectivity index (χ1) is 8.79. The predicted octanol–water partition coefficient (Wildman–Crippen LogP) is 2.08. The quantitative estimate of drug-likeness (QED) is 0.837. The SMILES string of the molecule is CN(C)C(=O)C1CCN(c2nc(C(F)(F)F)cs2)C1. The molecule has 1 aromatic heterocycles. The minimum atomic E-state index is -4.41. The third-order valence-electron chi connectivity index (χ3n) is 3.03. The molecule has 1 amide bonds. The monoisotopic (exact) mass is 293 g/mol. The van der Waals surface area contributed by atoms with Crippen molar-refractivity contribution in [3.05, 3.63) is 11.1 Å². The minimum Gasteiger partial charge on any atom is -0.349 e. The molecule has 1 unspecified atom stereocenters. The molecule has 19 heavy (non-hydrogen) atoms. The molecule has 106 valence electrons. The molecule has 8 heteroatoms. The van der Waals surface area contributed by atoms with Gasteiger partial charge >= 0.3 is 6.18 Å². The van der Waals surface area contributed by atoms with E-state index in [4.69, 9.17) is 0 Å². The number of hydrogen-bond acceptors (Lipinski definition) is 4. The Hall–Kier alpha value is -1.31. The lowest BCUT2D eigenvalue weighted by atomic mass is 10.1. The molecule has 1 aliphatic heterocycles. The van der Waals surface area contributed by atoms with Gasteiger partial charge in [0.05, 0.1) is 5.92 Å². The third kappa shape index (κ3) is 2.99. The predicted molar refractivity (Wildman–Crippen MR) is 66.1 cm³/mol. The standard InChI is InChI=1S/C11H14F3N3OS/c1-16(2)9(18)7-3-4-17(5-7)10-15-8(6-19-10)11(12,13)14/h6-7H,3-5H2,1-2H3. The van der Waals surface area contributed by atoms with Crippen LogP contribution in [0.4, 0.5) is 18.3 Å². The van der Waals surface area contributed by atoms with Crippen LogP contribution in [0.2, 0.25) is 0 Å². The Morgan fingerprint density at radius 1 is 1.53 bits per heavy atom. The van der Waals surface area contributed by atoms with E-state index in [1.54, 1.807) is 19.0 Å². The molecule has 1 saturated heterocycles. The number of halogens is 3. The summed E-state index contributed by atoms with van der Waals surface area (Å²) in [4.78, 5) is 18.6. The molecule has 1 atom stereocenters. The fraction of sp³-hybridized carbons (Fsp3) is 0.636. The molecule has 0 N–H and O–H groups in total. The molecule has 0 saturated carbocycles. The van der Waals surface area contributed by atoms with Crippen molar-refractivity contribution in [2.24, 2.45) is 5.92 Å². The minimum absolute atomic E-state index is 0.00935. The molecule has 1 aliphatic rings. The van der Waals surface area contributed by atoms with Gasteiger partial charge in [-0.25, -0.2) is 4.98 Å². The van der Waals surface area contributed by atoms with Crippen LogP contribution in [-0.2, 0) is 11.0 Å². The lowest BCUT2D eigenvalue weighted by molar-refractivity contribution is -0.140. The second-order valence-corrected chi connectivity index (χ2v) is 5.51. The van der Waals surface area contributed by atoms with E-state index < -0.39 is 11.9 Å². The van der Waals surface area contributed by atoms with Crippen molar-refractivity contribution >= 4 is 22.4 Å². The summed E-state index contributed by atoms with van der Waals surface area (Å²) in [6.45, 7) is 0.997. The van der Waals surface area contributed by atoms with Crippen LogP contribution >= 0.6 is 11.3 Å². The highest BCUT2D eigenvalue weighted by Crippen LogP contribution is 2.34. The van der Waals surface area contributed by atoms with Gasteiger partial charge in [-0.1, -0.05) is 0 Å². The Morgan fingerprint density at radius 3 is 2.74 bits per heavy atom. The maximum absolute atomic E-state index is 12.5. The summed E-state index contributed by atoms with van der Waals surface area (Å²) in [6, 6.07) is 0. The Kier molecular flexibility index (Phi) is 3.71. The van der Waals surface area contributed by atoms with Crippen LogP contribution < -0.4 is 4.90 Å². The lowest BCUT2D eigenvalue weighted by Crippen LogP contribution is -2.31. The van der Waals surface area contributed by atoms with Gasteiger partial charge < -0.3 is 9.80 Å². The summed E-state index contributed by atoms with van der Waals surface area (Å²) in [5.41, 5.74) is -0.866. The molecule has 0 bridgehead atoms. The van der Waals surface area contributed by atoms with Crippen molar-refractivity contribution < 1.29 is 18.0 Å². The van der Waals surface area contributed by atoms with Gasteiger partial charge in [0.15, 0.2) is 10.8 Å². The van der Waals surface area contributed by atoms with Crippen LogP contribution in [0.3, 0.4) is 0 Å². The normalized spacial score (nSPS) is 19.8. The van der Waals surface area contributed by atoms with Crippen molar-refractivity contribution in [2.75, 3.05) is 32.1 Å². The van der Waals surface area contributed by atoms with Gasteiger partial charge in [-0.2, -0.15) is 13.2 Å². The maximum atomic E-state index is 12.5. The first kappa shape index (κ1) is 14.1. The summed E-state index contributed by atoms with van der Waals surface area (Å²) in [5, 5.41) is 1.34. The summed E-state index contributed by atoms with van der Waals surface area (Å²) in [6.07, 6.45) is -3.76. The second kappa shape index (κ2) is 4.99. The average Bonchev–Trinajstić information content (AvgIpc) is 2.95. The maximum Gasteiger partial charge on any atom is 0.434 e. The van der Waals surface area contributed by atoms with E-state index in [1.165, 1.54) is 4.90 Å². The number of carbonyl (C=O) groups excluding carboxylic acids is 1. The highest BCUT2D eigenvalue weighted by Gasteiger charge is 2.36. The van der Waals surface area contributed by atoms with Crippen LogP contribution in [0.1, 0.15) is 12.1 Å². The highest BCUT2D eigenvalue weighted by atomic mass is 32.1. The molecule has 0 aliphatic carbocycles. The van der Waals surface area contributed by atoms with Gasteiger partial charge in [-0.3, -0.25) is 4.79 Å². The first-order valence-electron chi connectivity index (χ1n) is 5.78. The number of anilines is 1. The Morgan fingerprint density at radius 2 is 2.21 bits per heavy atom. The van der Waals surface area contributed by atoms with Crippen molar-refractivity contribution in [1.82, 2.24) is 9.88 Å². The fourth-order valence-corrected chi connectivity index (χ4v) is 2.91. The number of thiazole rings is 1. The number of alkyl halides is 3. The van der Waals surface area contributed by atoms with Gasteiger partial charge in [0.25, 0.3) is 0 Å². The molecular formula is C11H14F3N3OS. The van der Waals surface area contributed by atoms with E-state index >= 15 is 0 Å². The molecule has 4 nitrogen and oxygen atoms in total. The van der Waals surface area contributed by atoms with E-state index in [1.807, 2.05) is 0 Å². The number of hydrogen-bond donors (Lipinski definition) is 0. The third-order valence-corrected chi connectivity index (χ3v) is 3.93. The van der Waals surface area contributed by atoms with Gasteiger partial charge in [0.1, 0.15) is 0 Å². The Balaban J connectivity index is 2.05. The first-order valence-corrected chi connectivity index (χ1v) is 6.66. The number of amides is 1. The van der Waals surface area contributed by atoms with Gasteiger partial charge in [-0.05, 0) is 6.42 Å². The summed E-state index contributed by atoms with van der Waals surface area (Å²) < 4.78 is 37.4. The van der Waals surface area contributed by atoms with Crippen molar-refractivity contribution in [2.45, 2.75) is 12.6 Å². The second-order valence-electron chi connectivity index (χ2n) is 4.68. The molecule has 2 rings (SSSR count). The fourth-order valence-electron chi connectivity index (χ4n) is 2.04. The molecular weight excluding hydrogens is 279 g/mol. The smallest absolute Gasteiger partial charge is 0.349 e. The van der Waals surface area contributed by atoms with Gasteiger partial charge in [-0.15, -0.1) is 11.3 Å². The largest absolute Gasteiger partial charge is 0.434 e. The van der Waals surface area contributed by atoms with E-state index in [9.17, 15) is 18.0 Å². The molecule has 2 heterocycles. The highest BCUT2D eigenvalue weighted by molar-refractivity contribution is 7.13. The van der Waals surface area contributed by atoms with E-state index in [2.05, 4.69) is 4.98 Å². The van der Waals surface area contributed by atoms with E-state index in [0.29, 0.717) is 24.6 Å². The average molecular weight is 293 g/mol. The summed E-state index contributed by atoms with van der Waals surface area (Å²) >= 11 is 0.966. The van der Waals surface area contributed by atoms with Gasteiger partial charge in [0, 0.05) is 32.6 Å². The zero-order chi connectivity index (χ0) is 14.2. The van der Waals surface area contributed by atoms with E-state index in [0.717, 1.165) is 16.7 Å². The number of nitrogens with zero attached hydrogens (tertiary/aromatic N) is 3. The van der Waals surface area contributed by atoms with Gasteiger partial charge in [0.2, 0.25) is 5.91 Å². The van der Waals surface area contributed by atoms with Crippen LogP contribution in [-0.4, -0.2) is 43.0 Å². The number of aromatic nitrogens is 1. The van der Waals surface area contributed by atoms with Crippen LogP contribution in [0, 0.1) is 5.92 Å². The van der Waals surface area contributed by atoms with Crippen molar-refractivity contribution in [1.29, 1.82) is 0 Å². The van der Waals surface area contributed by atoms with Crippen LogP contribution in [0.5, 0.6) is 0 Å². The summed E-state index contributed by atoms with van der Waals surface area (Å²) in [5.74, 6) is -0.150. The number of rotatable bonds is 2. The van der Waals surface area contributed by atoms with Crippen LogP contribution in [0.25, 0.3) is 0 Å². The molecule has 0 aromatic carbocycles. The molecule has 0 radical (unpaired) electrons. The molecule has 0 spiro atoms. The summed E-state index contributed by atoms with van der Waals surface area (Å²) in [7, 11) is 3.35. The molecule has 1 fully saturated rings. The van der Waals surface area contributed by atoms with Crippen LogP contribution in [0.15, 0.2) is 5.38 Å². The van der Waals surface area contributed by atoms with E-state index in [-0.39, 0.29) is 11.8 Å². The Bertz CT molecular complexity index is 472. The zero-order valence-electron chi connectivity index (χ0n) is 10.6. The number of carbonyl (C=O) groups is 1. The zero-order valence-corrected chi connectivity index (χ0v) is 11.4. The topological polar surface area (TPSA) is 36.4 Å². The lowest BCUT2D eigenvalue weighted by Gasteiger charge is -2.17.